The minimum absolute atomic E-state index is 0.0989. The Morgan fingerprint density at radius 1 is 1.50 bits per heavy atom. The van der Waals surface area contributed by atoms with Crippen LogP contribution in [0, 0.1) is 12.8 Å². The first kappa shape index (κ1) is 15.0. The van der Waals surface area contributed by atoms with E-state index in [0.29, 0.717) is 11.5 Å². The van der Waals surface area contributed by atoms with Gasteiger partial charge in [0, 0.05) is 25.0 Å². The molecule has 1 amide bonds. The van der Waals surface area contributed by atoms with Crippen molar-refractivity contribution in [1.29, 1.82) is 0 Å². The fourth-order valence-corrected chi connectivity index (χ4v) is 2.72. The Morgan fingerprint density at radius 3 is 2.90 bits per heavy atom. The van der Waals surface area contributed by atoms with E-state index in [1.54, 1.807) is 12.4 Å². The number of aryl methyl sites for hydroxylation is 1. The summed E-state index contributed by atoms with van der Waals surface area (Å²) in [6.45, 7) is 9.08. The van der Waals surface area contributed by atoms with Crippen LogP contribution in [0.1, 0.15) is 42.6 Å². The smallest absolute Gasteiger partial charge is 0.255 e. The molecule has 1 aliphatic rings. The molecule has 4 heteroatoms. The average Bonchev–Trinajstić information content (AvgIpc) is 2.45. The number of hydrogen-bond donors (Lipinski definition) is 1. The molecular weight excluding hydrogens is 250 g/mol. The molecule has 1 atom stereocenters. The number of rotatable bonds is 4. The summed E-state index contributed by atoms with van der Waals surface area (Å²) in [4.78, 5) is 18.8. The Balaban J connectivity index is 2.09. The molecule has 0 bridgehead atoms. The molecule has 110 valence electrons. The highest BCUT2D eigenvalue weighted by Gasteiger charge is 2.24. The van der Waals surface area contributed by atoms with Gasteiger partial charge in [0.05, 0.1) is 5.56 Å². The van der Waals surface area contributed by atoms with E-state index in [1.807, 2.05) is 17.9 Å². The summed E-state index contributed by atoms with van der Waals surface area (Å²) < 4.78 is 0. The van der Waals surface area contributed by atoms with E-state index >= 15 is 0 Å². The fourth-order valence-electron chi connectivity index (χ4n) is 2.72. The highest BCUT2D eigenvalue weighted by Crippen LogP contribution is 2.16. The Kier molecular flexibility index (Phi) is 5.12. The zero-order valence-corrected chi connectivity index (χ0v) is 12.7. The first-order valence-electron chi connectivity index (χ1n) is 7.51. The highest BCUT2D eigenvalue weighted by molar-refractivity contribution is 5.94. The third-order valence-corrected chi connectivity index (χ3v) is 3.86. The Labute approximate surface area is 121 Å². The Hall–Kier alpha value is -1.42. The third-order valence-electron chi connectivity index (χ3n) is 3.86. The maximum atomic E-state index is 12.7. The van der Waals surface area contributed by atoms with E-state index in [-0.39, 0.29) is 11.9 Å². The molecule has 20 heavy (non-hydrogen) atoms. The molecule has 2 rings (SSSR count). The molecule has 1 aromatic rings. The Morgan fingerprint density at radius 2 is 2.30 bits per heavy atom. The van der Waals surface area contributed by atoms with Crippen molar-refractivity contribution in [3.8, 4) is 0 Å². The molecule has 1 unspecified atom stereocenters. The molecule has 1 fully saturated rings. The second-order valence-electron chi connectivity index (χ2n) is 6.01. The maximum Gasteiger partial charge on any atom is 0.255 e. The molecule has 0 aliphatic carbocycles. The van der Waals surface area contributed by atoms with Crippen molar-refractivity contribution in [2.45, 2.75) is 39.7 Å². The number of aromatic nitrogens is 1. The number of nitrogens with zero attached hydrogens (tertiary/aromatic N) is 2. The van der Waals surface area contributed by atoms with Crippen LogP contribution in [0.15, 0.2) is 18.5 Å². The molecule has 1 N–H and O–H groups in total. The quantitative estimate of drug-likeness (QED) is 0.916. The monoisotopic (exact) mass is 275 g/mol. The molecule has 4 nitrogen and oxygen atoms in total. The van der Waals surface area contributed by atoms with Crippen molar-refractivity contribution < 1.29 is 4.79 Å². The summed E-state index contributed by atoms with van der Waals surface area (Å²) in [6, 6.07) is 2.13. The molecule has 2 heterocycles. The fraction of sp³-hybridized carbons (Fsp3) is 0.625. The van der Waals surface area contributed by atoms with Crippen LogP contribution in [-0.4, -0.2) is 41.5 Å². The van der Waals surface area contributed by atoms with Crippen molar-refractivity contribution in [3.05, 3.63) is 29.6 Å². The second kappa shape index (κ2) is 6.84. The minimum atomic E-state index is 0.0989. The number of pyridine rings is 1. The number of carbonyl (C=O) groups excluding carboxylic acids is 1. The van der Waals surface area contributed by atoms with E-state index in [4.69, 9.17) is 0 Å². The first-order valence-corrected chi connectivity index (χ1v) is 7.51. The Bertz CT molecular complexity index is 453. The summed E-state index contributed by atoms with van der Waals surface area (Å²) >= 11 is 0. The van der Waals surface area contributed by atoms with Crippen LogP contribution in [0.25, 0.3) is 0 Å². The maximum absolute atomic E-state index is 12.7. The zero-order valence-electron chi connectivity index (χ0n) is 12.7. The van der Waals surface area contributed by atoms with E-state index in [1.165, 1.54) is 12.8 Å². The van der Waals surface area contributed by atoms with Crippen LogP contribution in [0.4, 0.5) is 0 Å². The summed E-state index contributed by atoms with van der Waals surface area (Å²) in [5.74, 6) is 0.662. The predicted molar refractivity (Wildman–Crippen MR) is 80.7 cm³/mol. The summed E-state index contributed by atoms with van der Waals surface area (Å²) in [6.07, 6.45) is 5.86. The van der Waals surface area contributed by atoms with Crippen LogP contribution in [0.3, 0.4) is 0 Å². The van der Waals surface area contributed by atoms with Crippen molar-refractivity contribution >= 4 is 5.91 Å². The second-order valence-corrected chi connectivity index (χ2v) is 6.01. The minimum Gasteiger partial charge on any atom is -0.336 e. The van der Waals surface area contributed by atoms with Crippen molar-refractivity contribution in [2.24, 2.45) is 5.92 Å². The van der Waals surface area contributed by atoms with Gasteiger partial charge in [-0.05, 0) is 64.3 Å². The summed E-state index contributed by atoms with van der Waals surface area (Å²) in [5, 5.41) is 3.42. The van der Waals surface area contributed by atoms with E-state index in [0.717, 1.165) is 25.2 Å². The van der Waals surface area contributed by atoms with E-state index < -0.39 is 0 Å². The largest absolute Gasteiger partial charge is 0.336 e. The van der Waals surface area contributed by atoms with Gasteiger partial charge in [-0.1, -0.05) is 0 Å². The van der Waals surface area contributed by atoms with Gasteiger partial charge in [0.15, 0.2) is 0 Å². The SMILES string of the molecule is Cc1cncc(C(=O)N(CC2CCCNC2)C(C)C)c1. The molecule has 0 radical (unpaired) electrons. The number of nitrogens with one attached hydrogen (secondary N) is 1. The van der Waals surface area contributed by atoms with Gasteiger partial charge in [0.1, 0.15) is 0 Å². The first-order chi connectivity index (χ1) is 9.58. The lowest BCUT2D eigenvalue weighted by Crippen LogP contribution is -2.44. The van der Waals surface area contributed by atoms with Crippen molar-refractivity contribution in [1.82, 2.24) is 15.2 Å². The van der Waals surface area contributed by atoms with Gasteiger partial charge in [-0.15, -0.1) is 0 Å². The van der Waals surface area contributed by atoms with Crippen LogP contribution >= 0.6 is 0 Å². The predicted octanol–water partition coefficient (Wildman–Crippen LogP) is 2.24. The average molecular weight is 275 g/mol. The molecule has 1 saturated heterocycles. The number of piperidine rings is 1. The van der Waals surface area contributed by atoms with Gasteiger partial charge < -0.3 is 10.2 Å². The highest BCUT2D eigenvalue weighted by atomic mass is 16.2. The normalized spacial score (nSPS) is 19.1. The lowest BCUT2D eigenvalue weighted by atomic mass is 9.98. The van der Waals surface area contributed by atoms with Crippen molar-refractivity contribution in [3.63, 3.8) is 0 Å². The van der Waals surface area contributed by atoms with E-state index in [2.05, 4.69) is 24.1 Å². The van der Waals surface area contributed by atoms with Gasteiger partial charge in [-0.3, -0.25) is 9.78 Å². The van der Waals surface area contributed by atoms with Crippen LogP contribution < -0.4 is 5.32 Å². The van der Waals surface area contributed by atoms with Gasteiger partial charge in [-0.25, -0.2) is 0 Å². The molecule has 0 spiro atoms. The van der Waals surface area contributed by atoms with Crippen molar-refractivity contribution in [2.75, 3.05) is 19.6 Å². The van der Waals surface area contributed by atoms with Gasteiger partial charge in [-0.2, -0.15) is 0 Å². The molecule has 0 saturated carbocycles. The van der Waals surface area contributed by atoms with Crippen LogP contribution in [0.5, 0.6) is 0 Å². The molecule has 1 aromatic heterocycles. The van der Waals surface area contributed by atoms with E-state index in [9.17, 15) is 4.79 Å². The van der Waals surface area contributed by atoms with Crippen LogP contribution in [0.2, 0.25) is 0 Å². The zero-order chi connectivity index (χ0) is 14.5. The van der Waals surface area contributed by atoms with Crippen LogP contribution in [-0.2, 0) is 0 Å². The van der Waals surface area contributed by atoms with Gasteiger partial charge >= 0.3 is 0 Å². The summed E-state index contributed by atoms with van der Waals surface area (Å²) in [7, 11) is 0. The number of amides is 1. The standard InChI is InChI=1S/C16H25N3O/c1-12(2)19(11-14-5-4-6-17-9-14)16(20)15-7-13(3)8-18-10-15/h7-8,10,12,14,17H,4-6,9,11H2,1-3H3. The summed E-state index contributed by atoms with van der Waals surface area (Å²) in [5.41, 5.74) is 1.72. The molecule has 0 aromatic carbocycles. The number of hydrogen-bond acceptors (Lipinski definition) is 3. The lowest BCUT2D eigenvalue weighted by Gasteiger charge is -2.33. The van der Waals surface area contributed by atoms with Gasteiger partial charge in [0.25, 0.3) is 5.91 Å². The lowest BCUT2D eigenvalue weighted by molar-refractivity contribution is 0.0660. The third kappa shape index (κ3) is 3.79. The molecular formula is C16H25N3O. The topological polar surface area (TPSA) is 45.2 Å². The molecule has 1 aliphatic heterocycles. The number of carbonyl (C=O) groups is 1. The van der Waals surface area contributed by atoms with Gasteiger partial charge in [0.2, 0.25) is 0 Å².